The molecule has 3 N–H and O–H groups in total. The summed E-state index contributed by atoms with van der Waals surface area (Å²) in [6.45, 7) is 8.22. The zero-order chi connectivity index (χ0) is 37.2. The monoisotopic (exact) mass is 721 g/mol. The number of nitrogens with zero attached hydrogens (tertiary/aromatic N) is 2. The standard InChI is InChI=1S/C41H47N3O7Si/c1-27-38(52(4,5)33-19-17-32(50-3)18-20-33)36(25-37(47)43(22-23-45)26-29-12-8-6-9-13-29)51-41(27)34-24-30(42-39(48)28(2)46)16-21-35(34)44(40(41)49)31-14-10-7-11-15-31/h6-21,24,27-28,36,38,45-46H,22-23,25-26H2,1-5H3,(H,42,48)/t27-,28-,36+,38-,41+/m0/s1. The summed E-state index contributed by atoms with van der Waals surface area (Å²) >= 11 is 0. The van der Waals surface area contributed by atoms with Gasteiger partial charge in [0.15, 0.2) is 5.60 Å². The fourth-order valence-corrected chi connectivity index (χ4v) is 12.1. The third kappa shape index (κ3) is 6.77. The number of benzene rings is 4. The van der Waals surface area contributed by atoms with Gasteiger partial charge in [0.25, 0.3) is 11.8 Å². The molecule has 4 aromatic carbocycles. The smallest absolute Gasteiger partial charge is 0.268 e. The first kappa shape index (κ1) is 37.0. The maximum Gasteiger partial charge on any atom is 0.268 e. The molecular formula is C41H47N3O7Si. The van der Waals surface area contributed by atoms with Crippen LogP contribution in [0.4, 0.5) is 17.1 Å². The lowest BCUT2D eigenvalue weighted by atomic mass is 9.82. The Balaban J connectivity index is 1.48. The van der Waals surface area contributed by atoms with Crippen molar-refractivity contribution in [3.63, 3.8) is 0 Å². The van der Waals surface area contributed by atoms with Gasteiger partial charge in [-0.05, 0) is 60.5 Å². The van der Waals surface area contributed by atoms with Crippen LogP contribution in [0.15, 0.2) is 103 Å². The fourth-order valence-electron chi connectivity index (χ4n) is 8.11. The molecule has 11 heteroatoms. The van der Waals surface area contributed by atoms with E-state index in [9.17, 15) is 19.8 Å². The first-order valence-corrected chi connectivity index (χ1v) is 20.8. The second-order valence-electron chi connectivity index (χ2n) is 14.3. The van der Waals surface area contributed by atoms with Gasteiger partial charge in [-0.3, -0.25) is 19.3 Å². The zero-order valence-corrected chi connectivity index (χ0v) is 31.3. The summed E-state index contributed by atoms with van der Waals surface area (Å²) in [5.41, 5.74) is 1.53. The maximum atomic E-state index is 15.2. The highest BCUT2D eigenvalue weighted by Gasteiger charge is 2.67. The summed E-state index contributed by atoms with van der Waals surface area (Å²) in [4.78, 5) is 45.4. The molecule has 10 nitrogen and oxygen atoms in total. The predicted molar refractivity (Wildman–Crippen MR) is 203 cm³/mol. The Morgan fingerprint density at radius 1 is 1.00 bits per heavy atom. The lowest BCUT2D eigenvalue weighted by Crippen LogP contribution is -2.52. The van der Waals surface area contributed by atoms with E-state index in [4.69, 9.17) is 9.47 Å². The average molecular weight is 722 g/mol. The van der Waals surface area contributed by atoms with E-state index in [1.165, 1.54) is 6.92 Å². The summed E-state index contributed by atoms with van der Waals surface area (Å²) in [6.07, 6.45) is -1.89. The van der Waals surface area contributed by atoms with Crippen molar-refractivity contribution in [3.8, 4) is 5.75 Å². The predicted octanol–water partition coefficient (Wildman–Crippen LogP) is 5.32. The number of carbonyl (C=O) groups is 3. The number of hydrogen-bond donors (Lipinski definition) is 3. The molecular weight excluding hydrogens is 675 g/mol. The summed E-state index contributed by atoms with van der Waals surface area (Å²) in [7, 11) is -0.949. The van der Waals surface area contributed by atoms with Gasteiger partial charge in [0.1, 0.15) is 11.9 Å². The minimum atomic E-state index is -2.58. The SMILES string of the molecule is COc1ccc([Si](C)(C)[C@@H]2[C@@H](CC(=O)N(CCO)Cc3ccccc3)O[C@]3(C(=O)N(c4ccccc4)c4ccc(NC(=O)[C@H](C)O)cc43)[C@H]2C)cc1. The van der Waals surface area contributed by atoms with Crippen LogP contribution in [0.1, 0.15) is 31.4 Å². The third-order valence-electron chi connectivity index (χ3n) is 10.7. The number of aliphatic hydroxyl groups excluding tert-OH is 2. The van der Waals surface area contributed by atoms with E-state index in [1.54, 1.807) is 35.1 Å². The molecule has 6 rings (SSSR count). The summed E-state index contributed by atoms with van der Waals surface area (Å²) in [5.74, 6) is -0.692. The van der Waals surface area contributed by atoms with E-state index in [1.807, 2.05) is 79.7 Å². The van der Waals surface area contributed by atoms with Gasteiger partial charge in [-0.1, -0.05) is 85.9 Å². The Morgan fingerprint density at radius 2 is 1.65 bits per heavy atom. The van der Waals surface area contributed by atoms with Gasteiger partial charge in [0.05, 0.1) is 40.0 Å². The van der Waals surface area contributed by atoms with Crippen LogP contribution in [0.5, 0.6) is 5.75 Å². The lowest BCUT2D eigenvalue weighted by molar-refractivity contribution is -0.149. The molecule has 0 unspecified atom stereocenters. The molecule has 2 aliphatic rings. The Hall–Kier alpha value is -4.81. The Bertz CT molecular complexity index is 1900. The number of para-hydroxylation sites is 1. The van der Waals surface area contributed by atoms with Crippen molar-refractivity contribution in [2.75, 3.05) is 30.5 Å². The summed E-state index contributed by atoms with van der Waals surface area (Å²) in [6, 6.07) is 32.3. The van der Waals surface area contributed by atoms with Gasteiger partial charge in [-0.15, -0.1) is 0 Å². The highest BCUT2D eigenvalue weighted by molar-refractivity contribution is 6.91. The minimum Gasteiger partial charge on any atom is -0.497 e. The van der Waals surface area contributed by atoms with Gasteiger partial charge in [-0.2, -0.15) is 0 Å². The van der Waals surface area contributed by atoms with Crippen LogP contribution in [0.2, 0.25) is 18.6 Å². The molecule has 0 aliphatic carbocycles. The zero-order valence-electron chi connectivity index (χ0n) is 30.3. The topological polar surface area (TPSA) is 129 Å². The fraction of sp³-hybridized carbons (Fsp3) is 0.341. The number of anilines is 3. The van der Waals surface area contributed by atoms with E-state index < -0.39 is 37.7 Å². The van der Waals surface area contributed by atoms with E-state index in [-0.39, 0.29) is 36.9 Å². The van der Waals surface area contributed by atoms with Crippen molar-refractivity contribution in [2.45, 2.75) is 63.3 Å². The molecule has 0 aromatic heterocycles. The summed E-state index contributed by atoms with van der Waals surface area (Å²) in [5, 5.41) is 23.8. The van der Waals surface area contributed by atoms with Crippen molar-refractivity contribution < 1.29 is 34.1 Å². The number of hydrogen-bond acceptors (Lipinski definition) is 7. The molecule has 4 aromatic rings. The van der Waals surface area contributed by atoms with Crippen LogP contribution in [0, 0.1) is 5.92 Å². The second-order valence-corrected chi connectivity index (χ2v) is 18.9. The van der Waals surface area contributed by atoms with Crippen LogP contribution in [0.3, 0.4) is 0 Å². The van der Waals surface area contributed by atoms with Gasteiger partial charge in [0.2, 0.25) is 5.91 Å². The molecule has 5 atom stereocenters. The van der Waals surface area contributed by atoms with Crippen LogP contribution >= 0.6 is 0 Å². The molecule has 1 saturated heterocycles. The highest BCUT2D eigenvalue weighted by atomic mass is 28.3. The highest BCUT2D eigenvalue weighted by Crippen LogP contribution is 2.61. The second kappa shape index (κ2) is 15.0. The normalized spacial score (nSPS) is 21.6. The number of amides is 3. The average Bonchev–Trinajstić information content (AvgIpc) is 3.58. The number of aliphatic hydroxyl groups is 2. The molecule has 2 aliphatic heterocycles. The van der Waals surface area contributed by atoms with Crippen molar-refractivity contribution in [1.82, 2.24) is 4.90 Å². The van der Waals surface area contributed by atoms with Crippen molar-refractivity contribution >= 4 is 48.0 Å². The van der Waals surface area contributed by atoms with Gasteiger partial charge < -0.3 is 29.9 Å². The summed E-state index contributed by atoms with van der Waals surface area (Å²) < 4.78 is 12.6. The van der Waals surface area contributed by atoms with Gasteiger partial charge >= 0.3 is 0 Å². The largest absolute Gasteiger partial charge is 0.497 e. The number of nitrogens with one attached hydrogen (secondary N) is 1. The van der Waals surface area contributed by atoms with Crippen LogP contribution < -0.4 is 20.1 Å². The Labute approximate surface area is 306 Å². The van der Waals surface area contributed by atoms with Crippen molar-refractivity contribution in [2.24, 2.45) is 5.92 Å². The number of fused-ring (bicyclic) bond motifs is 2. The van der Waals surface area contributed by atoms with Gasteiger partial charge in [-0.25, -0.2) is 0 Å². The molecule has 0 saturated carbocycles. The van der Waals surface area contributed by atoms with Crippen LogP contribution in [0.25, 0.3) is 0 Å². The van der Waals surface area contributed by atoms with Crippen LogP contribution in [-0.4, -0.2) is 73.4 Å². The van der Waals surface area contributed by atoms with Crippen molar-refractivity contribution in [1.29, 1.82) is 0 Å². The van der Waals surface area contributed by atoms with Crippen molar-refractivity contribution in [3.05, 3.63) is 114 Å². The third-order valence-corrected chi connectivity index (χ3v) is 15.1. The molecule has 1 fully saturated rings. The van der Waals surface area contributed by atoms with E-state index in [0.717, 1.165) is 16.5 Å². The van der Waals surface area contributed by atoms with E-state index in [2.05, 4.69) is 30.5 Å². The Morgan fingerprint density at radius 3 is 2.27 bits per heavy atom. The molecule has 3 amide bonds. The number of methoxy groups -OCH3 is 1. The molecule has 0 bridgehead atoms. The number of ether oxygens (including phenoxy) is 2. The molecule has 272 valence electrons. The molecule has 0 radical (unpaired) electrons. The van der Waals surface area contributed by atoms with Gasteiger partial charge in [0, 0.05) is 35.9 Å². The van der Waals surface area contributed by atoms with E-state index in [0.29, 0.717) is 29.2 Å². The van der Waals surface area contributed by atoms with E-state index >= 15 is 4.79 Å². The maximum absolute atomic E-state index is 15.2. The Kier molecular flexibility index (Phi) is 10.7. The number of carbonyl (C=O) groups excluding carboxylic acids is 3. The first-order chi connectivity index (χ1) is 24.9. The quantitative estimate of drug-likeness (QED) is 0.169. The minimum absolute atomic E-state index is 0.00256. The molecule has 2 heterocycles. The number of rotatable bonds is 12. The molecule has 52 heavy (non-hydrogen) atoms. The lowest BCUT2D eigenvalue weighted by Gasteiger charge is -2.37. The molecule has 1 spiro atoms. The first-order valence-electron chi connectivity index (χ1n) is 17.7. The van der Waals surface area contributed by atoms with Crippen LogP contribution in [-0.2, 0) is 31.3 Å².